The lowest BCUT2D eigenvalue weighted by molar-refractivity contribution is -0.883. The molecule has 0 atom stereocenters. The number of halogens is 2. The van der Waals surface area contributed by atoms with Gasteiger partial charge in [0.25, 0.3) is 0 Å². The molecule has 0 aromatic rings. The van der Waals surface area contributed by atoms with E-state index in [1.807, 2.05) is 42.0 Å². The van der Waals surface area contributed by atoms with Crippen LogP contribution in [-0.4, -0.2) is 141 Å². The van der Waals surface area contributed by atoms with Crippen molar-refractivity contribution < 1.29 is 80.9 Å². The van der Waals surface area contributed by atoms with Crippen LogP contribution in [0.15, 0.2) is 0 Å². The van der Waals surface area contributed by atoms with Crippen molar-refractivity contribution in [3.63, 3.8) is 0 Å². The van der Waals surface area contributed by atoms with Crippen molar-refractivity contribution in [2.75, 3.05) is 120 Å². The first-order valence-corrected chi connectivity index (χ1v) is 22.7. The van der Waals surface area contributed by atoms with E-state index in [0.717, 1.165) is 12.8 Å². The molecular formula is C45H92Br2N2O8. The van der Waals surface area contributed by atoms with Crippen LogP contribution in [0.4, 0.5) is 0 Å². The maximum absolute atomic E-state index is 12.2. The summed E-state index contributed by atoms with van der Waals surface area (Å²) in [6.45, 7) is 15.2. The van der Waals surface area contributed by atoms with Gasteiger partial charge in [0.05, 0.1) is 86.5 Å². The van der Waals surface area contributed by atoms with Crippen molar-refractivity contribution in [1.82, 2.24) is 0 Å². The molecule has 0 saturated heterocycles. The molecule has 57 heavy (non-hydrogen) atoms. The van der Waals surface area contributed by atoms with Gasteiger partial charge in [-0.1, -0.05) is 129 Å². The van der Waals surface area contributed by atoms with Crippen LogP contribution in [0, 0.1) is 5.41 Å². The number of esters is 2. The predicted molar refractivity (Wildman–Crippen MR) is 226 cm³/mol. The van der Waals surface area contributed by atoms with E-state index < -0.39 is 5.41 Å². The highest BCUT2D eigenvalue weighted by atomic mass is 79.9. The zero-order valence-electron chi connectivity index (χ0n) is 38.5. The predicted octanol–water partition coefficient (Wildman–Crippen LogP) is 3.17. The Kier molecular flexibility index (Phi) is 43.9. The third-order valence-corrected chi connectivity index (χ3v) is 10.3. The molecule has 12 heteroatoms. The van der Waals surface area contributed by atoms with Crippen molar-refractivity contribution in [2.24, 2.45) is 5.41 Å². The highest BCUT2D eigenvalue weighted by molar-refractivity contribution is 5.70. The zero-order valence-corrected chi connectivity index (χ0v) is 41.6. The number of hydrogen-bond acceptors (Lipinski definition) is 8. The summed E-state index contributed by atoms with van der Waals surface area (Å²) in [5.74, 6) is -0.388. The minimum Gasteiger partial charge on any atom is -1.00 e. The van der Waals surface area contributed by atoms with Gasteiger partial charge in [-0.25, -0.2) is 9.59 Å². The standard InChI is InChI=1S/C45H92N2O8.2BrH/c1-9-13-15-17-19-21-23-25-27-29-33-50-39-45(41-52-35-31-46(5,6)37-43(48)54-11-3,42-53-36-32-47(7,8)38-44(49)55-12-4)40-51-34-30-28-26-24-22-20-18-16-14-10-2;;/h9-42H2,1-8H3;2*1H/q+2;;/p-2. The molecule has 0 unspecified atom stereocenters. The van der Waals surface area contributed by atoms with Gasteiger partial charge >= 0.3 is 11.9 Å². The highest BCUT2D eigenvalue weighted by Crippen LogP contribution is 2.22. The zero-order chi connectivity index (χ0) is 40.9. The van der Waals surface area contributed by atoms with Crippen molar-refractivity contribution in [2.45, 2.75) is 156 Å². The van der Waals surface area contributed by atoms with E-state index in [4.69, 9.17) is 28.4 Å². The second kappa shape index (κ2) is 41.0. The lowest BCUT2D eigenvalue weighted by Gasteiger charge is -2.35. The molecular weight excluding hydrogens is 856 g/mol. The topological polar surface area (TPSA) is 89.5 Å². The molecule has 0 amide bonds. The summed E-state index contributed by atoms with van der Waals surface area (Å²) in [7, 11) is 8.10. The molecule has 0 radical (unpaired) electrons. The summed E-state index contributed by atoms with van der Waals surface area (Å²) in [6.07, 6.45) is 25.8. The minimum atomic E-state index is -0.479. The Morgan fingerprint density at radius 1 is 0.404 bits per heavy atom. The number of hydrogen-bond donors (Lipinski definition) is 0. The van der Waals surface area contributed by atoms with E-state index in [-0.39, 0.29) is 45.9 Å². The molecule has 0 rings (SSSR count). The van der Waals surface area contributed by atoms with Gasteiger partial charge in [-0.3, -0.25) is 0 Å². The van der Waals surface area contributed by atoms with Gasteiger partial charge in [0.1, 0.15) is 13.1 Å². The maximum atomic E-state index is 12.2. The number of likely N-dealkylation sites (N-methyl/N-ethyl adjacent to an activating group) is 2. The molecule has 10 nitrogen and oxygen atoms in total. The van der Waals surface area contributed by atoms with Crippen LogP contribution in [-0.2, 0) is 38.0 Å². The quantitative estimate of drug-likeness (QED) is 0.0525. The average Bonchev–Trinajstić information content (AvgIpc) is 3.12. The second-order valence-electron chi connectivity index (χ2n) is 17.3. The minimum absolute atomic E-state index is 0. The van der Waals surface area contributed by atoms with Crippen LogP contribution in [0.25, 0.3) is 0 Å². The Morgan fingerprint density at radius 3 is 0.947 bits per heavy atom. The molecule has 0 bridgehead atoms. The Balaban J connectivity index is -0.0000146. The lowest BCUT2D eigenvalue weighted by Crippen LogP contribution is -3.00. The Hall–Kier alpha value is -0.340. The number of unbranched alkanes of at least 4 members (excludes halogenated alkanes) is 18. The number of quaternary nitrogens is 2. The summed E-state index contributed by atoms with van der Waals surface area (Å²) in [5, 5.41) is 0. The third kappa shape index (κ3) is 39.5. The van der Waals surface area contributed by atoms with Crippen LogP contribution >= 0.6 is 0 Å². The molecule has 0 spiro atoms. The lowest BCUT2D eigenvalue weighted by atomic mass is 9.92. The van der Waals surface area contributed by atoms with Gasteiger partial charge in [0, 0.05) is 13.2 Å². The summed E-state index contributed by atoms with van der Waals surface area (Å²) in [5.41, 5.74) is -0.479. The average molecular weight is 949 g/mol. The number of rotatable bonds is 42. The van der Waals surface area contributed by atoms with Gasteiger partial charge in [-0.05, 0) is 26.7 Å². The third-order valence-electron chi connectivity index (χ3n) is 10.3. The smallest absolute Gasteiger partial charge is 0.361 e. The fraction of sp³-hybridized carbons (Fsp3) is 0.956. The summed E-state index contributed by atoms with van der Waals surface area (Å²) in [4.78, 5) is 24.4. The van der Waals surface area contributed by atoms with Crippen LogP contribution in [0.5, 0.6) is 0 Å². The summed E-state index contributed by atoms with van der Waals surface area (Å²) in [6, 6.07) is 0. The second-order valence-corrected chi connectivity index (χ2v) is 17.3. The molecule has 0 heterocycles. The summed E-state index contributed by atoms with van der Waals surface area (Å²) >= 11 is 0. The fourth-order valence-corrected chi connectivity index (χ4v) is 6.68. The number of nitrogens with zero attached hydrogens (tertiary/aromatic N) is 2. The molecule has 0 aromatic heterocycles. The highest BCUT2D eigenvalue weighted by Gasteiger charge is 2.34. The first-order valence-electron chi connectivity index (χ1n) is 22.7. The Labute approximate surface area is 373 Å². The van der Waals surface area contributed by atoms with Crippen molar-refractivity contribution in [3.8, 4) is 0 Å². The van der Waals surface area contributed by atoms with E-state index in [1.165, 1.54) is 116 Å². The molecule has 0 aliphatic rings. The van der Waals surface area contributed by atoms with Crippen LogP contribution in [0.1, 0.15) is 156 Å². The Morgan fingerprint density at radius 2 is 0.667 bits per heavy atom. The van der Waals surface area contributed by atoms with Gasteiger partial charge < -0.3 is 71.4 Å². The SMILES string of the molecule is CCCCCCCCCCCCOCC(COCCCCCCCCCCCC)(COCC[N+](C)(C)CC(=O)OCC)COCC[N+](C)(C)CC(=O)OCC.[Br-].[Br-]. The van der Waals surface area contributed by atoms with Crippen LogP contribution in [0.3, 0.4) is 0 Å². The normalized spacial score (nSPS) is 11.9. The van der Waals surface area contributed by atoms with Crippen molar-refractivity contribution in [3.05, 3.63) is 0 Å². The van der Waals surface area contributed by atoms with Crippen LogP contribution < -0.4 is 34.0 Å². The molecule has 0 aliphatic carbocycles. The Bertz CT molecular complexity index is 827. The first-order chi connectivity index (χ1) is 26.4. The summed E-state index contributed by atoms with van der Waals surface area (Å²) < 4.78 is 37.0. The van der Waals surface area contributed by atoms with Gasteiger partial charge in [-0.2, -0.15) is 0 Å². The molecule has 0 aromatic carbocycles. The molecule has 0 fully saturated rings. The fourth-order valence-electron chi connectivity index (χ4n) is 6.68. The van der Waals surface area contributed by atoms with Gasteiger partial charge in [-0.15, -0.1) is 0 Å². The van der Waals surface area contributed by atoms with Crippen molar-refractivity contribution >= 4 is 11.9 Å². The van der Waals surface area contributed by atoms with E-state index in [0.29, 0.717) is 101 Å². The number of carbonyl (C=O) groups excluding carboxylic acids is 2. The van der Waals surface area contributed by atoms with E-state index in [9.17, 15) is 9.59 Å². The molecule has 0 aliphatic heterocycles. The largest absolute Gasteiger partial charge is 1.00 e. The van der Waals surface area contributed by atoms with E-state index >= 15 is 0 Å². The molecule has 0 N–H and O–H groups in total. The first kappa shape index (κ1) is 61.0. The number of carbonyl (C=O) groups is 2. The number of ether oxygens (including phenoxy) is 6. The van der Waals surface area contributed by atoms with E-state index in [1.54, 1.807) is 0 Å². The van der Waals surface area contributed by atoms with E-state index in [2.05, 4.69) is 13.8 Å². The molecule has 0 saturated carbocycles. The monoisotopic (exact) mass is 947 g/mol. The van der Waals surface area contributed by atoms with Crippen molar-refractivity contribution in [1.29, 1.82) is 0 Å². The maximum Gasteiger partial charge on any atom is 0.361 e. The molecule has 344 valence electrons. The van der Waals surface area contributed by atoms with Gasteiger partial charge in [0.15, 0.2) is 13.1 Å². The van der Waals surface area contributed by atoms with Crippen LogP contribution in [0.2, 0.25) is 0 Å². The van der Waals surface area contributed by atoms with Gasteiger partial charge in [0.2, 0.25) is 0 Å².